The van der Waals surface area contributed by atoms with Gasteiger partial charge in [0.1, 0.15) is 0 Å². The molecule has 1 aromatic carbocycles. The van der Waals surface area contributed by atoms with E-state index in [1.807, 2.05) is 42.5 Å². The van der Waals surface area contributed by atoms with Crippen LogP contribution in [-0.2, 0) is 11.3 Å². The summed E-state index contributed by atoms with van der Waals surface area (Å²) < 4.78 is 0. The number of benzene rings is 1. The number of hydrogen-bond acceptors (Lipinski definition) is 3. The van der Waals surface area contributed by atoms with E-state index in [9.17, 15) is 4.79 Å². The minimum atomic E-state index is 0.00422. The number of carbonyl (C=O) groups excluding carboxylic acids is 1. The molecular weight excluding hydrogens is 304 g/mol. The third-order valence-electron chi connectivity index (χ3n) is 3.00. The van der Waals surface area contributed by atoms with Crippen molar-refractivity contribution in [1.82, 2.24) is 10.3 Å². The summed E-state index contributed by atoms with van der Waals surface area (Å²) in [7, 11) is 0. The summed E-state index contributed by atoms with van der Waals surface area (Å²) in [6.07, 6.45) is 1.72. The zero-order valence-corrected chi connectivity index (χ0v) is 13.3. The average molecular weight is 321 g/mol. The van der Waals surface area contributed by atoms with E-state index in [0.29, 0.717) is 12.3 Å². The number of thioether (sulfide) groups is 1. The highest BCUT2D eigenvalue weighted by atomic mass is 35.5. The fourth-order valence-electron chi connectivity index (χ4n) is 1.84. The molecule has 1 unspecified atom stereocenters. The molecule has 0 saturated heterocycles. The molecule has 1 amide bonds. The van der Waals surface area contributed by atoms with Crippen LogP contribution in [0.25, 0.3) is 0 Å². The van der Waals surface area contributed by atoms with E-state index < -0.39 is 0 Å². The number of amides is 1. The Morgan fingerprint density at radius 3 is 2.76 bits per heavy atom. The number of hydrogen-bond donors (Lipinski definition) is 1. The third kappa shape index (κ3) is 5.06. The van der Waals surface area contributed by atoms with Gasteiger partial charge in [0.25, 0.3) is 0 Å². The largest absolute Gasteiger partial charge is 0.350 e. The highest BCUT2D eigenvalue weighted by Gasteiger charge is 2.11. The van der Waals surface area contributed by atoms with E-state index in [4.69, 9.17) is 11.6 Å². The molecule has 21 heavy (non-hydrogen) atoms. The van der Waals surface area contributed by atoms with Crippen LogP contribution in [0.15, 0.2) is 48.7 Å². The van der Waals surface area contributed by atoms with Gasteiger partial charge in [0.05, 0.1) is 18.0 Å². The second-order valence-corrected chi connectivity index (χ2v) is 6.31. The Bertz CT molecular complexity index is 592. The first-order valence-corrected chi connectivity index (χ1v) is 8.12. The normalized spacial score (nSPS) is 11.9. The summed E-state index contributed by atoms with van der Waals surface area (Å²) >= 11 is 7.72. The third-order valence-corrected chi connectivity index (χ3v) is 4.53. The standard InChI is InChI=1S/C16H17ClN2OS/c1-12(14-7-2-3-8-15(14)17)21-11-16(20)19-10-13-6-4-5-9-18-13/h2-9,12H,10-11H2,1H3,(H,19,20). The first-order valence-electron chi connectivity index (χ1n) is 6.69. The number of pyridine rings is 1. The minimum absolute atomic E-state index is 0.00422. The molecule has 0 saturated carbocycles. The highest BCUT2D eigenvalue weighted by molar-refractivity contribution is 8.00. The van der Waals surface area contributed by atoms with E-state index in [2.05, 4.69) is 17.2 Å². The van der Waals surface area contributed by atoms with Crippen molar-refractivity contribution in [2.75, 3.05) is 5.75 Å². The van der Waals surface area contributed by atoms with Crippen LogP contribution in [0.1, 0.15) is 23.4 Å². The van der Waals surface area contributed by atoms with Crippen LogP contribution in [0.3, 0.4) is 0 Å². The fraction of sp³-hybridized carbons (Fsp3) is 0.250. The Morgan fingerprint density at radius 1 is 1.29 bits per heavy atom. The summed E-state index contributed by atoms with van der Waals surface area (Å²) in [4.78, 5) is 16.0. The maximum atomic E-state index is 11.8. The molecule has 0 fully saturated rings. The SMILES string of the molecule is CC(SCC(=O)NCc1ccccn1)c1ccccc1Cl. The number of halogens is 1. The van der Waals surface area contributed by atoms with Gasteiger partial charge in [-0.2, -0.15) is 0 Å². The van der Waals surface area contributed by atoms with Crippen molar-refractivity contribution in [3.8, 4) is 0 Å². The van der Waals surface area contributed by atoms with Crippen molar-refractivity contribution in [3.05, 3.63) is 64.9 Å². The maximum absolute atomic E-state index is 11.8. The van der Waals surface area contributed by atoms with E-state index in [0.717, 1.165) is 16.3 Å². The molecule has 2 rings (SSSR count). The summed E-state index contributed by atoms with van der Waals surface area (Å²) in [6, 6.07) is 13.4. The zero-order chi connectivity index (χ0) is 15.1. The Hall–Kier alpha value is -1.52. The van der Waals surface area contributed by atoms with Gasteiger partial charge in [-0.05, 0) is 30.7 Å². The molecule has 0 aliphatic rings. The molecule has 1 atom stereocenters. The lowest BCUT2D eigenvalue weighted by atomic mass is 10.2. The number of nitrogens with one attached hydrogen (secondary N) is 1. The Morgan fingerprint density at radius 2 is 2.05 bits per heavy atom. The van der Waals surface area contributed by atoms with E-state index in [1.54, 1.807) is 18.0 Å². The molecule has 0 radical (unpaired) electrons. The van der Waals surface area contributed by atoms with E-state index >= 15 is 0 Å². The smallest absolute Gasteiger partial charge is 0.230 e. The lowest BCUT2D eigenvalue weighted by Gasteiger charge is -2.13. The molecule has 1 aromatic heterocycles. The number of aromatic nitrogens is 1. The average Bonchev–Trinajstić information content (AvgIpc) is 2.52. The monoisotopic (exact) mass is 320 g/mol. The van der Waals surface area contributed by atoms with Crippen molar-refractivity contribution in [1.29, 1.82) is 0 Å². The number of rotatable bonds is 6. The molecular formula is C16H17ClN2OS. The molecule has 0 bridgehead atoms. The molecule has 1 heterocycles. The lowest BCUT2D eigenvalue weighted by Crippen LogP contribution is -2.25. The van der Waals surface area contributed by atoms with Crippen molar-refractivity contribution in [2.24, 2.45) is 0 Å². The molecule has 5 heteroatoms. The first-order chi connectivity index (χ1) is 10.2. The topological polar surface area (TPSA) is 42.0 Å². The predicted molar refractivity (Wildman–Crippen MR) is 88.4 cm³/mol. The summed E-state index contributed by atoms with van der Waals surface area (Å²) in [6.45, 7) is 2.51. The molecule has 3 nitrogen and oxygen atoms in total. The molecule has 0 aliphatic heterocycles. The molecule has 0 aliphatic carbocycles. The second-order valence-electron chi connectivity index (χ2n) is 4.57. The van der Waals surface area contributed by atoms with Crippen LogP contribution in [-0.4, -0.2) is 16.6 Å². The molecule has 0 spiro atoms. The van der Waals surface area contributed by atoms with Crippen LogP contribution in [0, 0.1) is 0 Å². The van der Waals surface area contributed by atoms with Crippen molar-refractivity contribution in [3.63, 3.8) is 0 Å². The lowest BCUT2D eigenvalue weighted by molar-refractivity contribution is -0.118. The van der Waals surface area contributed by atoms with Gasteiger partial charge in [-0.1, -0.05) is 35.9 Å². The van der Waals surface area contributed by atoms with Gasteiger partial charge in [0.15, 0.2) is 0 Å². The van der Waals surface area contributed by atoms with Crippen LogP contribution >= 0.6 is 23.4 Å². The van der Waals surface area contributed by atoms with Gasteiger partial charge in [-0.15, -0.1) is 11.8 Å². The van der Waals surface area contributed by atoms with E-state index in [1.165, 1.54) is 0 Å². The second kappa shape index (κ2) is 8.05. The molecule has 2 aromatic rings. The highest BCUT2D eigenvalue weighted by Crippen LogP contribution is 2.32. The van der Waals surface area contributed by atoms with E-state index in [-0.39, 0.29) is 11.2 Å². The van der Waals surface area contributed by atoms with Crippen molar-refractivity contribution >= 4 is 29.3 Å². The fourth-order valence-corrected chi connectivity index (χ4v) is 3.09. The Labute approximate surface area is 134 Å². The quantitative estimate of drug-likeness (QED) is 0.879. The van der Waals surface area contributed by atoms with Gasteiger partial charge >= 0.3 is 0 Å². The summed E-state index contributed by atoms with van der Waals surface area (Å²) in [5.74, 6) is 0.406. The zero-order valence-electron chi connectivity index (χ0n) is 11.8. The molecule has 110 valence electrons. The summed E-state index contributed by atoms with van der Waals surface area (Å²) in [5.41, 5.74) is 1.91. The minimum Gasteiger partial charge on any atom is -0.350 e. The predicted octanol–water partition coefficient (Wildman–Crippen LogP) is 3.85. The Kier molecular flexibility index (Phi) is 6.08. The van der Waals surface area contributed by atoms with Gasteiger partial charge in [-0.25, -0.2) is 0 Å². The maximum Gasteiger partial charge on any atom is 0.230 e. The van der Waals surface area contributed by atoms with Crippen LogP contribution < -0.4 is 5.32 Å². The Balaban J connectivity index is 1.77. The van der Waals surface area contributed by atoms with Gasteiger partial charge < -0.3 is 5.32 Å². The van der Waals surface area contributed by atoms with Crippen LogP contribution in [0.2, 0.25) is 5.02 Å². The van der Waals surface area contributed by atoms with Gasteiger partial charge in [0, 0.05) is 16.5 Å². The number of nitrogens with zero attached hydrogens (tertiary/aromatic N) is 1. The van der Waals surface area contributed by atoms with Crippen LogP contribution in [0.4, 0.5) is 0 Å². The first kappa shape index (κ1) is 15.9. The molecule has 1 N–H and O–H groups in total. The summed E-state index contributed by atoms with van der Waals surface area (Å²) in [5, 5.41) is 3.79. The van der Waals surface area contributed by atoms with Gasteiger partial charge in [-0.3, -0.25) is 9.78 Å². The van der Waals surface area contributed by atoms with Gasteiger partial charge in [0.2, 0.25) is 5.91 Å². The van der Waals surface area contributed by atoms with Crippen molar-refractivity contribution in [2.45, 2.75) is 18.7 Å². The van der Waals surface area contributed by atoms with Crippen LogP contribution in [0.5, 0.6) is 0 Å². The van der Waals surface area contributed by atoms with Crippen molar-refractivity contribution < 1.29 is 4.79 Å². The number of carbonyl (C=O) groups is 1.